The van der Waals surface area contributed by atoms with E-state index in [0.717, 1.165) is 0 Å². The fraction of sp³-hybridized carbons (Fsp3) is 0.750. The van der Waals surface area contributed by atoms with E-state index in [4.69, 9.17) is 16.3 Å². The lowest BCUT2D eigenvalue weighted by Gasteiger charge is -2.25. The first kappa shape index (κ1) is 8.88. The summed E-state index contributed by atoms with van der Waals surface area (Å²) in [5, 5.41) is 9.95. The SMILES string of the molecule is CC(C)C1(O)CCO/C1=C\Cl. The maximum atomic E-state index is 9.95. The van der Waals surface area contributed by atoms with Gasteiger partial charge in [0.2, 0.25) is 0 Å². The van der Waals surface area contributed by atoms with Crippen molar-refractivity contribution in [1.29, 1.82) is 0 Å². The van der Waals surface area contributed by atoms with Gasteiger partial charge in [-0.15, -0.1) is 0 Å². The topological polar surface area (TPSA) is 29.5 Å². The van der Waals surface area contributed by atoms with E-state index in [-0.39, 0.29) is 5.92 Å². The lowest BCUT2D eigenvalue weighted by atomic mass is 9.88. The minimum Gasteiger partial charge on any atom is -0.494 e. The number of halogens is 1. The van der Waals surface area contributed by atoms with Gasteiger partial charge in [-0.3, -0.25) is 0 Å². The number of hydrogen-bond donors (Lipinski definition) is 1. The van der Waals surface area contributed by atoms with E-state index < -0.39 is 5.60 Å². The van der Waals surface area contributed by atoms with Crippen molar-refractivity contribution in [2.24, 2.45) is 5.92 Å². The maximum Gasteiger partial charge on any atom is 0.139 e. The Balaban J connectivity index is 2.84. The first-order valence-corrected chi connectivity index (χ1v) is 4.21. The van der Waals surface area contributed by atoms with E-state index in [0.29, 0.717) is 18.8 Å². The van der Waals surface area contributed by atoms with Crippen molar-refractivity contribution in [2.75, 3.05) is 6.61 Å². The van der Waals surface area contributed by atoms with E-state index in [1.165, 1.54) is 5.54 Å². The molecule has 1 atom stereocenters. The second-order valence-electron chi connectivity index (χ2n) is 3.15. The van der Waals surface area contributed by atoms with Crippen LogP contribution in [0.4, 0.5) is 0 Å². The summed E-state index contributed by atoms with van der Waals surface area (Å²) < 4.78 is 5.16. The van der Waals surface area contributed by atoms with Crippen LogP contribution in [0.3, 0.4) is 0 Å². The van der Waals surface area contributed by atoms with Gasteiger partial charge in [0.05, 0.1) is 6.61 Å². The number of ether oxygens (including phenoxy) is 1. The van der Waals surface area contributed by atoms with Gasteiger partial charge >= 0.3 is 0 Å². The van der Waals surface area contributed by atoms with Crippen LogP contribution in [0.2, 0.25) is 0 Å². The van der Waals surface area contributed by atoms with Crippen LogP contribution >= 0.6 is 11.6 Å². The summed E-state index contributed by atoms with van der Waals surface area (Å²) >= 11 is 5.49. The van der Waals surface area contributed by atoms with Crippen LogP contribution in [0.25, 0.3) is 0 Å². The van der Waals surface area contributed by atoms with Crippen molar-refractivity contribution in [3.05, 3.63) is 11.3 Å². The molecule has 0 aromatic carbocycles. The fourth-order valence-electron chi connectivity index (χ4n) is 1.26. The summed E-state index contributed by atoms with van der Waals surface area (Å²) in [5.41, 5.74) is 0.495. The molecule has 0 aliphatic carbocycles. The summed E-state index contributed by atoms with van der Waals surface area (Å²) in [7, 11) is 0. The molecule has 1 aliphatic heterocycles. The van der Waals surface area contributed by atoms with Gasteiger partial charge < -0.3 is 9.84 Å². The Hall–Kier alpha value is -0.210. The molecule has 0 radical (unpaired) electrons. The van der Waals surface area contributed by atoms with Crippen LogP contribution in [0.15, 0.2) is 11.3 Å². The molecular weight excluding hydrogens is 164 g/mol. The van der Waals surface area contributed by atoms with Gasteiger partial charge in [0.1, 0.15) is 11.4 Å². The second-order valence-corrected chi connectivity index (χ2v) is 3.37. The maximum absolute atomic E-state index is 9.95. The molecule has 0 aromatic heterocycles. The average Bonchev–Trinajstić information content (AvgIpc) is 2.32. The van der Waals surface area contributed by atoms with Gasteiger partial charge in [-0.1, -0.05) is 25.4 Å². The Morgan fingerprint density at radius 1 is 1.73 bits per heavy atom. The van der Waals surface area contributed by atoms with Gasteiger partial charge in [0, 0.05) is 12.0 Å². The lowest BCUT2D eigenvalue weighted by molar-refractivity contribution is 0.0282. The third-order valence-corrected chi connectivity index (χ3v) is 2.42. The lowest BCUT2D eigenvalue weighted by Crippen LogP contribution is -2.33. The van der Waals surface area contributed by atoms with Crippen LogP contribution in [0.5, 0.6) is 0 Å². The van der Waals surface area contributed by atoms with Crippen molar-refractivity contribution in [3.63, 3.8) is 0 Å². The van der Waals surface area contributed by atoms with Crippen molar-refractivity contribution in [1.82, 2.24) is 0 Å². The first-order valence-electron chi connectivity index (χ1n) is 3.77. The van der Waals surface area contributed by atoms with Crippen LogP contribution in [0.1, 0.15) is 20.3 Å². The van der Waals surface area contributed by atoms with Crippen molar-refractivity contribution < 1.29 is 9.84 Å². The Kier molecular flexibility index (Phi) is 2.45. The molecule has 1 rings (SSSR count). The molecule has 0 saturated carbocycles. The monoisotopic (exact) mass is 176 g/mol. The minimum absolute atomic E-state index is 0.148. The van der Waals surface area contributed by atoms with Gasteiger partial charge in [0.15, 0.2) is 0 Å². The highest BCUT2D eigenvalue weighted by atomic mass is 35.5. The summed E-state index contributed by atoms with van der Waals surface area (Å²) in [5.74, 6) is 0.657. The zero-order chi connectivity index (χ0) is 8.48. The number of hydrogen-bond acceptors (Lipinski definition) is 2. The van der Waals surface area contributed by atoms with Crippen LogP contribution in [-0.2, 0) is 4.74 Å². The molecule has 1 heterocycles. The van der Waals surface area contributed by atoms with E-state index >= 15 is 0 Å². The highest BCUT2D eigenvalue weighted by Crippen LogP contribution is 2.35. The van der Waals surface area contributed by atoms with E-state index in [1.807, 2.05) is 13.8 Å². The summed E-state index contributed by atoms with van der Waals surface area (Å²) in [6.45, 7) is 4.47. The van der Waals surface area contributed by atoms with E-state index in [9.17, 15) is 5.11 Å². The predicted molar refractivity (Wildman–Crippen MR) is 44.3 cm³/mol. The third kappa shape index (κ3) is 1.37. The summed E-state index contributed by atoms with van der Waals surface area (Å²) in [6.07, 6.45) is 0.642. The standard InChI is InChI=1S/C8H13ClO2/c1-6(2)8(10)3-4-11-7(8)5-9/h5-6,10H,3-4H2,1-2H3/b7-5-. The van der Waals surface area contributed by atoms with Gasteiger partial charge in [-0.05, 0) is 5.92 Å². The zero-order valence-corrected chi connectivity index (χ0v) is 7.56. The highest BCUT2D eigenvalue weighted by Gasteiger charge is 2.41. The fourth-order valence-corrected chi connectivity index (χ4v) is 1.52. The Labute approximate surface area is 71.8 Å². The molecule has 3 heteroatoms. The highest BCUT2D eigenvalue weighted by molar-refractivity contribution is 6.25. The normalized spacial score (nSPS) is 34.8. The van der Waals surface area contributed by atoms with E-state index in [2.05, 4.69) is 0 Å². The molecule has 64 valence electrons. The number of rotatable bonds is 1. The molecule has 1 unspecified atom stereocenters. The molecule has 0 aromatic rings. The average molecular weight is 177 g/mol. The van der Waals surface area contributed by atoms with Crippen molar-refractivity contribution >= 4 is 11.6 Å². The predicted octanol–water partition coefficient (Wildman–Crippen LogP) is 1.87. The van der Waals surface area contributed by atoms with Crippen molar-refractivity contribution in [2.45, 2.75) is 25.9 Å². The second kappa shape index (κ2) is 3.03. The quantitative estimate of drug-likeness (QED) is 0.661. The minimum atomic E-state index is -0.832. The molecule has 2 nitrogen and oxygen atoms in total. The molecule has 0 spiro atoms. The molecule has 1 saturated heterocycles. The Morgan fingerprint density at radius 2 is 2.36 bits per heavy atom. The summed E-state index contributed by atoms with van der Waals surface area (Å²) in [4.78, 5) is 0. The Bertz CT molecular complexity index is 177. The van der Waals surface area contributed by atoms with E-state index in [1.54, 1.807) is 0 Å². The van der Waals surface area contributed by atoms with Gasteiger partial charge in [-0.25, -0.2) is 0 Å². The van der Waals surface area contributed by atoms with Gasteiger partial charge in [-0.2, -0.15) is 0 Å². The van der Waals surface area contributed by atoms with Crippen LogP contribution in [0, 0.1) is 5.92 Å². The van der Waals surface area contributed by atoms with Gasteiger partial charge in [0.25, 0.3) is 0 Å². The molecule has 1 fully saturated rings. The van der Waals surface area contributed by atoms with Crippen molar-refractivity contribution in [3.8, 4) is 0 Å². The molecule has 0 amide bonds. The molecular formula is C8H13ClO2. The molecule has 0 bridgehead atoms. The smallest absolute Gasteiger partial charge is 0.139 e. The van der Waals surface area contributed by atoms with Crippen LogP contribution in [-0.4, -0.2) is 17.3 Å². The zero-order valence-electron chi connectivity index (χ0n) is 6.80. The molecule has 1 aliphatic rings. The summed E-state index contributed by atoms with van der Waals surface area (Å²) in [6, 6.07) is 0. The molecule has 1 N–H and O–H groups in total. The third-order valence-electron chi connectivity index (χ3n) is 2.22. The largest absolute Gasteiger partial charge is 0.494 e. The number of aliphatic hydroxyl groups is 1. The Morgan fingerprint density at radius 3 is 2.73 bits per heavy atom. The molecule has 11 heavy (non-hydrogen) atoms. The van der Waals surface area contributed by atoms with Crippen LogP contribution < -0.4 is 0 Å². The first-order chi connectivity index (χ1) is 5.11.